The van der Waals surface area contributed by atoms with Gasteiger partial charge in [0.25, 0.3) is 0 Å². The fourth-order valence-corrected chi connectivity index (χ4v) is 3.03. The molecule has 2 aromatic carbocycles. The third-order valence-corrected chi connectivity index (χ3v) is 4.17. The Morgan fingerprint density at radius 3 is 2.50 bits per heavy atom. The second-order valence-electron chi connectivity index (χ2n) is 4.20. The summed E-state index contributed by atoms with van der Waals surface area (Å²) < 4.78 is 2.28. The van der Waals surface area contributed by atoms with E-state index in [1.54, 1.807) is 0 Å². The SMILES string of the molecule is CNC(Cc1cccc(Br)c1)c1ccccc1Br. The highest BCUT2D eigenvalue weighted by Crippen LogP contribution is 2.26. The highest BCUT2D eigenvalue weighted by atomic mass is 79.9. The van der Waals surface area contributed by atoms with E-state index in [2.05, 4.69) is 79.6 Å². The van der Waals surface area contributed by atoms with E-state index >= 15 is 0 Å². The molecule has 0 aliphatic rings. The maximum Gasteiger partial charge on any atom is 0.0369 e. The zero-order valence-electron chi connectivity index (χ0n) is 10.2. The highest BCUT2D eigenvalue weighted by Gasteiger charge is 2.12. The average molecular weight is 369 g/mol. The van der Waals surface area contributed by atoms with Crippen molar-refractivity contribution in [2.75, 3.05) is 7.05 Å². The maximum absolute atomic E-state index is 3.62. The highest BCUT2D eigenvalue weighted by molar-refractivity contribution is 9.10. The molecule has 1 unspecified atom stereocenters. The number of likely N-dealkylation sites (N-methyl/N-ethyl adjacent to an activating group) is 1. The summed E-state index contributed by atoms with van der Waals surface area (Å²) in [5.41, 5.74) is 2.61. The minimum Gasteiger partial charge on any atom is -0.313 e. The third kappa shape index (κ3) is 3.44. The summed E-state index contributed by atoms with van der Waals surface area (Å²) in [6, 6.07) is 17.1. The first-order valence-electron chi connectivity index (χ1n) is 5.87. The van der Waals surface area contributed by atoms with E-state index in [-0.39, 0.29) is 0 Å². The Labute approximate surface area is 125 Å². The predicted molar refractivity (Wildman–Crippen MR) is 83.8 cm³/mol. The average Bonchev–Trinajstić information content (AvgIpc) is 2.37. The second kappa shape index (κ2) is 6.50. The van der Waals surface area contributed by atoms with E-state index < -0.39 is 0 Å². The van der Waals surface area contributed by atoms with Crippen LogP contribution >= 0.6 is 31.9 Å². The van der Waals surface area contributed by atoms with Gasteiger partial charge in [0.1, 0.15) is 0 Å². The fourth-order valence-electron chi connectivity index (χ4n) is 2.02. The van der Waals surface area contributed by atoms with Crippen LogP contribution in [0.25, 0.3) is 0 Å². The molecule has 0 aliphatic carbocycles. The minimum atomic E-state index is 0.315. The molecule has 0 bridgehead atoms. The van der Waals surface area contributed by atoms with Gasteiger partial charge in [0.05, 0.1) is 0 Å². The van der Waals surface area contributed by atoms with E-state index in [1.807, 2.05) is 13.1 Å². The van der Waals surface area contributed by atoms with Crippen molar-refractivity contribution in [1.29, 1.82) is 0 Å². The van der Waals surface area contributed by atoms with Crippen molar-refractivity contribution in [3.8, 4) is 0 Å². The largest absolute Gasteiger partial charge is 0.313 e. The lowest BCUT2D eigenvalue weighted by molar-refractivity contribution is 0.589. The Morgan fingerprint density at radius 1 is 1.06 bits per heavy atom. The lowest BCUT2D eigenvalue weighted by Crippen LogP contribution is -2.19. The monoisotopic (exact) mass is 367 g/mol. The van der Waals surface area contributed by atoms with Gasteiger partial charge in [-0.05, 0) is 42.8 Å². The fraction of sp³-hybridized carbons (Fsp3) is 0.200. The lowest BCUT2D eigenvalue weighted by Gasteiger charge is -2.18. The molecule has 0 aliphatic heterocycles. The summed E-state index contributed by atoms with van der Waals surface area (Å²) in [4.78, 5) is 0. The molecular weight excluding hydrogens is 354 g/mol. The van der Waals surface area contributed by atoms with E-state index in [4.69, 9.17) is 0 Å². The van der Waals surface area contributed by atoms with Gasteiger partial charge < -0.3 is 5.32 Å². The summed E-state index contributed by atoms with van der Waals surface area (Å²) in [7, 11) is 2.00. The third-order valence-electron chi connectivity index (χ3n) is 2.96. The Balaban J connectivity index is 2.23. The number of halogens is 2. The van der Waals surface area contributed by atoms with Gasteiger partial charge in [0, 0.05) is 15.0 Å². The smallest absolute Gasteiger partial charge is 0.0369 e. The number of hydrogen-bond donors (Lipinski definition) is 1. The lowest BCUT2D eigenvalue weighted by atomic mass is 9.99. The Morgan fingerprint density at radius 2 is 1.83 bits per heavy atom. The van der Waals surface area contributed by atoms with Crippen molar-refractivity contribution < 1.29 is 0 Å². The van der Waals surface area contributed by atoms with Crippen molar-refractivity contribution in [1.82, 2.24) is 5.32 Å². The number of hydrogen-bond acceptors (Lipinski definition) is 1. The van der Waals surface area contributed by atoms with Crippen LogP contribution in [-0.4, -0.2) is 7.05 Å². The van der Waals surface area contributed by atoms with Crippen LogP contribution in [0.1, 0.15) is 17.2 Å². The van der Waals surface area contributed by atoms with E-state index in [0.717, 1.165) is 15.4 Å². The molecular formula is C15H15Br2N. The first-order valence-corrected chi connectivity index (χ1v) is 7.45. The normalized spacial score (nSPS) is 12.4. The van der Waals surface area contributed by atoms with Gasteiger partial charge in [0.2, 0.25) is 0 Å². The molecule has 3 heteroatoms. The van der Waals surface area contributed by atoms with Crippen LogP contribution in [-0.2, 0) is 6.42 Å². The first-order chi connectivity index (χ1) is 8.70. The van der Waals surface area contributed by atoms with Crippen LogP contribution in [0.15, 0.2) is 57.5 Å². The summed E-state index contributed by atoms with van der Waals surface area (Å²) in [5, 5.41) is 3.38. The van der Waals surface area contributed by atoms with Gasteiger partial charge in [-0.15, -0.1) is 0 Å². The van der Waals surface area contributed by atoms with Gasteiger partial charge in [-0.2, -0.15) is 0 Å². The van der Waals surface area contributed by atoms with Crippen molar-refractivity contribution in [3.63, 3.8) is 0 Å². The van der Waals surface area contributed by atoms with Gasteiger partial charge in [0.15, 0.2) is 0 Å². The summed E-state index contributed by atoms with van der Waals surface area (Å²) in [5.74, 6) is 0. The molecule has 1 atom stereocenters. The molecule has 0 aromatic heterocycles. The van der Waals surface area contributed by atoms with Gasteiger partial charge in [-0.25, -0.2) is 0 Å². The molecule has 1 N–H and O–H groups in total. The molecule has 0 radical (unpaired) electrons. The number of rotatable bonds is 4. The summed E-state index contributed by atoms with van der Waals surface area (Å²) in [6.45, 7) is 0. The van der Waals surface area contributed by atoms with E-state index in [1.165, 1.54) is 11.1 Å². The van der Waals surface area contributed by atoms with Crippen molar-refractivity contribution in [3.05, 3.63) is 68.6 Å². The molecule has 1 nitrogen and oxygen atoms in total. The molecule has 0 saturated heterocycles. The molecule has 0 saturated carbocycles. The molecule has 0 amide bonds. The van der Waals surface area contributed by atoms with Gasteiger partial charge in [-0.3, -0.25) is 0 Å². The van der Waals surface area contributed by atoms with Crippen molar-refractivity contribution in [2.45, 2.75) is 12.5 Å². The number of nitrogens with one attached hydrogen (secondary N) is 1. The molecule has 2 rings (SSSR count). The number of benzene rings is 2. The topological polar surface area (TPSA) is 12.0 Å². The van der Waals surface area contributed by atoms with Crippen LogP contribution in [0, 0.1) is 0 Å². The minimum absolute atomic E-state index is 0.315. The Hall–Kier alpha value is -0.640. The molecule has 18 heavy (non-hydrogen) atoms. The Bertz CT molecular complexity index is 525. The van der Waals surface area contributed by atoms with Crippen LogP contribution in [0.3, 0.4) is 0 Å². The maximum atomic E-state index is 3.62. The zero-order chi connectivity index (χ0) is 13.0. The zero-order valence-corrected chi connectivity index (χ0v) is 13.3. The standard InChI is InChI=1S/C15H15Br2N/c1-18-15(13-7-2-3-8-14(13)17)10-11-5-4-6-12(16)9-11/h2-9,15,18H,10H2,1H3. The van der Waals surface area contributed by atoms with Gasteiger partial charge in [-0.1, -0.05) is 62.2 Å². The molecule has 94 valence electrons. The summed E-state index contributed by atoms with van der Waals surface area (Å²) in [6.07, 6.45) is 0.971. The molecule has 0 spiro atoms. The quantitative estimate of drug-likeness (QED) is 0.823. The van der Waals surface area contributed by atoms with Crippen LogP contribution in [0.5, 0.6) is 0 Å². The van der Waals surface area contributed by atoms with E-state index in [0.29, 0.717) is 6.04 Å². The van der Waals surface area contributed by atoms with E-state index in [9.17, 15) is 0 Å². The summed E-state index contributed by atoms with van der Waals surface area (Å²) >= 11 is 7.13. The van der Waals surface area contributed by atoms with Gasteiger partial charge >= 0.3 is 0 Å². The molecule has 0 heterocycles. The molecule has 0 fully saturated rings. The van der Waals surface area contributed by atoms with Crippen molar-refractivity contribution in [2.24, 2.45) is 0 Å². The van der Waals surface area contributed by atoms with Crippen molar-refractivity contribution >= 4 is 31.9 Å². The van der Waals surface area contributed by atoms with Crippen LogP contribution in [0.2, 0.25) is 0 Å². The first kappa shape index (κ1) is 13.8. The van der Waals surface area contributed by atoms with Crippen LogP contribution in [0.4, 0.5) is 0 Å². The second-order valence-corrected chi connectivity index (χ2v) is 5.97. The predicted octanol–water partition coefficient (Wildman–Crippen LogP) is 4.71. The Kier molecular flexibility index (Phi) is 4.98. The van der Waals surface area contributed by atoms with Crippen LogP contribution < -0.4 is 5.32 Å². The molecule has 2 aromatic rings.